The average molecular weight is 268 g/mol. The number of rotatable bonds is 2. The fourth-order valence-electron chi connectivity index (χ4n) is 3.19. The molecular weight excluding hydrogens is 244 g/mol. The molecule has 5 nitrogen and oxygen atoms in total. The second-order valence-corrected chi connectivity index (χ2v) is 6.04. The summed E-state index contributed by atoms with van der Waals surface area (Å²) in [6.07, 6.45) is 3.46. The molecule has 0 aliphatic carbocycles. The van der Waals surface area contributed by atoms with Crippen LogP contribution in [0.3, 0.4) is 0 Å². The monoisotopic (exact) mass is 268 g/mol. The Morgan fingerprint density at radius 3 is 2.26 bits per heavy atom. The molecule has 0 aromatic rings. The SMILES string of the molecule is CC(C)C1CCN(C(=O)N2CCC[C@H]2C(=O)O)CC1. The van der Waals surface area contributed by atoms with E-state index in [1.54, 1.807) is 0 Å². The molecule has 2 heterocycles. The molecule has 2 rings (SSSR count). The maximum absolute atomic E-state index is 12.4. The van der Waals surface area contributed by atoms with Crippen LogP contribution in [0.5, 0.6) is 0 Å². The van der Waals surface area contributed by atoms with E-state index < -0.39 is 12.0 Å². The summed E-state index contributed by atoms with van der Waals surface area (Å²) in [6.45, 7) is 6.57. The first-order chi connectivity index (χ1) is 9.00. The molecule has 0 unspecified atom stereocenters. The highest BCUT2D eigenvalue weighted by Crippen LogP contribution is 2.26. The molecule has 0 radical (unpaired) electrons. The van der Waals surface area contributed by atoms with Crippen molar-refractivity contribution in [2.24, 2.45) is 11.8 Å². The van der Waals surface area contributed by atoms with Crippen molar-refractivity contribution >= 4 is 12.0 Å². The molecule has 2 fully saturated rings. The molecule has 1 N–H and O–H groups in total. The molecular formula is C14H24N2O3. The highest BCUT2D eigenvalue weighted by Gasteiger charge is 2.37. The first-order valence-electron chi connectivity index (χ1n) is 7.29. The molecule has 5 heteroatoms. The summed E-state index contributed by atoms with van der Waals surface area (Å²) in [5.41, 5.74) is 0. The smallest absolute Gasteiger partial charge is 0.326 e. The fraction of sp³-hybridized carbons (Fsp3) is 0.857. The molecule has 2 amide bonds. The number of piperidine rings is 1. The van der Waals surface area contributed by atoms with Crippen LogP contribution in [0.2, 0.25) is 0 Å². The van der Waals surface area contributed by atoms with Crippen LogP contribution >= 0.6 is 0 Å². The molecule has 2 aliphatic rings. The minimum absolute atomic E-state index is 0.0768. The van der Waals surface area contributed by atoms with Gasteiger partial charge in [0, 0.05) is 19.6 Å². The van der Waals surface area contributed by atoms with E-state index in [0.717, 1.165) is 32.4 Å². The van der Waals surface area contributed by atoms with Crippen LogP contribution in [-0.4, -0.2) is 52.6 Å². The third kappa shape index (κ3) is 3.01. The van der Waals surface area contributed by atoms with E-state index in [-0.39, 0.29) is 6.03 Å². The number of nitrogens with zero attached hydrogens (tertiary/aromatic N) is 2. The molecule has 108 valence electrons. The molecule has 1 atom stereocenters. The number of carbonyl (C=O) groups excluding carboxylic acids is 1. The van der Waals surface area contributed by atoms with Crippen LogP contribution in [-0.2, 0) is 4.79 Å². The molecule has 0 aromatic carbocycles. The second kappa shape index (κ2) is 5.80. The fourth-order valence-corrected chi connectivity index (χ4v) is 3.19. The van der Waals surface area contributed by atoms with Gasteiger partial charge < -0.3 is 14.9 Å². The summed E-state index contributed by atoms with van der Waals surface area (Å²) in [7, 11) is 0. The highest BCUT2D eigenvalue weighted by molar-refractivity contribution is 5.83. The third-order valence-corrected chi connectivity index (χ3v) is 4.54. The van der Waals surface area contributed by atoms with E-state index in [1.165, 1.54) is 4.90 Å². The number of carboxylic acids is 1. The maximum atomic E-state index is 12.4. The summed E-state index contributed by atoms with van der Waals surface area (Å²) in [6, 6.07) is -0.692. The number of carbonyl (C=O) groups is 2. The van der Waals surface area contributed by atoms with Gasteiger partial charge in [0.1, 0.15) is 6.04 Å². The Kier molecular flexibility index (Phi) is 4.32. The Bertz CT molecular complexity index is 349. The van der Waals surface area contributed by atoms with Gasteiger partial charge in [-0.25, -0.2) is 9.59 Å². The zero-order chi connectivity index (χ0) is 14.0. The van der Waals surface area contributed by atoms with Gasteiger partial charge in [0.05, 0.1) is 0 Å². The number of urea groups is 1. The van der Waals surface area contributed by atoms with Crippen LogP contribution in [0, 0.1) is 11.8 Å². The van der Waals surface area contributed by atoms with E-state index in [0.29, 0.717) is 24.8 Å². The predicted octanol–water partition coefficient (Wildman–Crippen LogP) is 2.02. The van der Waals surface area contributed by atoms with E-state index in [9.17, 15) is 9.59 Å². The van der Waals surface area contributed by atoms with Gasteiger partial charge in [0.25, 0.3) is 0 Å². The molecule has 19 heavy (non-hydrogen) atoms. The summed E-state index contributed by atoms with van der Waals surface area (Å²) in [5.74, 6) is 0.483. The highest BCUT2D eigenvalue weighted by atomic mass is 16.4. The van der Waals surface area contributed by atoms with Gasteiger partial charge in [-0.2, -0.15) is 0 Å². The summed E-state index contributed by atoms with van der Waals surface area (Å²) >= 11 is 0. The molecule has 2 saturated heterocycles. The Morgan fingerprint density at radius 1 is 1.11 bits per heavy atom. The Labute approximate surface area is 114 Å². The van der Waals surface area contributed by atoms with Gasteiger partial charge in [-0.1, -0.05) is 13.8 Å². The van der Waals surface area contributed by atoms with Crippen molar-refractivity contribution in [2.75, 3.05) is 19.6 Å². The Hall–Kier alpha value is -1.26. The van der Waals surface area contributed by atoms with E-state index in [1.807, 2.05) is 4.90 Å². The number of amides is 2. The van der Waals surface area contributed by atoms with Crippen molar-refractivity contribution in [3.63, 3.8) is 0 Å². The van der Waals surface area contributed by atoms with Crippen molar-refractivity contribution in [2.45, 2.75) is 45.6 Å². The lowest BCUT2D eigenvalue weighted by molar-refractivity contribution is -0.141. The minimum Gasteiger partial charge on any atom is -0.480 e. The van der Waals surface area contributed by atoms with Crippen molar-refractivity contribution in [1.29, 1.82) is 0 Å². The van der Waals surface area contributed by atoms with Crippen LogP contribution in [0.1, 0.15) is 39.5 Å². The van der Waals surface area contributed by atoms with E-state index in [4.69, 9.17) is 5.11 Å². The normalized spacial score (nSPS) is 25.1. The quantitative estimate of drug-likeness (QED) is 0.833. The van der Waals surface area contributed by atoms with Gasteiger partial charge in [-0.15, -0.1) is 0 Å². The van der Waals surface area contributed by atoms with E-state index in [2.05, 4.69) is 13.8 Å². The molecule has 0 aromatic heterocycles. The molecule has 0 saturated carbocycles. The molecule has 2 aliphatic heterocycles. The van der Waals surface area contributed by atoms with Gasteiger partial charge in [0.15, 0.2) is 0 Å². The zero-order valence-corrected chi connectivity index (χ0v) is 11.8. The van der Waals surface area contributed by atoms with Crippen molar-refractivity contribution < 1.29 is 14.7 Å². The lowest BCUT2D eigenvalue weighted by Gasteiger charge is -2.36. The number of aliphatic carboxylic acids is 1. The average Bonchev–Trinajstić information content (AvgIpc) is 2.87. The Morgan fingerprint density at radius 2 is 1.74 bits per heavy atom. The molecule has 0 spiro atoms. The van der Waals surface area contributed by atoms with Gasteiger partial charge in [-0.3, -0.25) is 0 Å². The number of likely N-dealkylation sites (tertiary alicyclic amines) is 2. The summed E-state index contributed by atoms with van der Waals surface area (Å²) in [5, 5.41) is 9.13. The number of hydrogen-bond acceptors (Lipinski definition) is 2. The maximum Gasteiger partial charge on any atom is 0.326 e. The topological polar surface area (TPSA) is 60.9 Å². The lowest BCUT2D eigenvalue weighted by Crippen LogP contribution is -2.50. The predicted molar refractivity (Wildman–Crippen MR) is 71.9 cm³/mol. The zero-order valence-electron chi connectivity index (χ0n) is 11.8. The van der Waals surface area contributed by atoms with Crippen molar-refractivity contribution in [3.8, 4) is 0 Å². The second-order valence-electron chi connectivity index (χ2n) is 6.04. The Balaban J connectivity index is 1.92. The third-order valence-electron chi connectivity index (χ3n) is 4.54. The van der Waals surface area contributed by atoms with Crippen molar-refractivity contribution in [3.05, 3.63) is 0 Å². The van der Waals surface area contributed by atoms with E-state index >= 15 is 0 Å². The summed E-state index contributed by atoms with van der Waals surface area (Å²) in [4.78, 5) is 26.9. The van der Waals surface area contributed by atoms with Gasteiger partial charge in [0.2, 0.25) is 0 Å². The van der Waals surface area contributed by atoms with Crippen LogP contribution in [0.15, 0.2) is 0 Å². The molecule has 0 bridgehead atoms. The minimum atomic E-state index is -0.872. The summed E-state index contributed by atoms with van der Waals surface area (Å²) < 4.78 is 0. The number of hydrogen-bond donors (Lipinski definition) is 1. The van der Waals surface area contributed by atoms with Crippen LogP contribution in [0.4, 0.5) is 4.79 Å². The van der Waals surface area contributed by atoms with Gasteiger partial charge >= 0.3 is 12.0 Å². The van der Waals surface area contributed by atoms with Crippen LogP contribution < -0.4 is 0 Å². The van der Waals surface area contributed by atoms with Gasteiger partial charge in [-0.05, 0) is 37.5 Å². The van der Waals surface area contributed by atoms with Crippen LogP contribution in [0.25, 0.3) is 0 Å². The standard InChI is InChI=1S/C14H24N2O3/c1-10(2)11-5-8-15(9-6-11)14(19)16-7-3-4-12(16)13(17)18/h10-12H,3-9H2,1-2H3,(H,17,18)/t12-/m0/s1. The number of carboxylic acid groups (broad SMARTS) is 1. The lowest BCUT2D eigenvalue weighted by atomic mass is 9.87. The first kappa shape index (κ1) is 14.2. The largest absolute Gasteiger partial charge is 0.480 e. The first-order valence-corrected chi connectivity index (χ1v) is 7.29. The van der Waals surface area contributed by atoms with Crippen molar-refractivity contribution in [1.82, 2.24) is 9.80 Å².